The number of alkyl halides is 2. The van der Waals surface area contributed by atoms with Crippen molar-refractivity contribution in [1.29, 1.82) is 0 Å². The summed E-state index contributed by atoms with van der Waals surface area (Å²) < 4.78 is 30.1. The Morgan fingerprint density at radius 2 is 2.31 bits per heavy atom. The summed E-state index contributed by atoms with van der Waals surface area (Å²) in [7, 11) is 1.20. The number of methoxy groups -OCH3 is 1. The van der Waals surface area contributed by atoms with E-state index in [1.165, 1.54) is 7.11 Å². The van der Waals surface area contributed by atoms with Gasteiger partial charge in [-0.25, -0.2) is 13.8 Å². The van der Waals surface area contributed by atoms with Crippen LogP contribution in [-0.2, 0) is 16.0 Å². The topological polar surface area (TPSA) is 65.2 Å². The van der Waals surface area contributed by atoms with Gasteiger partial charge in [-0.3, -0.25) is 4.79 Å². The fourth-order valence-corrected chi connectivity index (χ4v) is 1.95. The van der Waals surface area contributed by atoms with Crippen LogP contribution in [0.15, 0.2) is 6.07 Å². The van der Waals surface area contributed by atoms with E-state index in [2.05, 4.69) is 9.72 Å². The van der Waals surface area contributed by atoms with Crippen molar-refractivity contribution in [3.63, 3.8) is 0 Å². The normalized spacial score (nSPS) is 10.6. The van der Waals surface area contributed by atoms with Crippen LogP contribution in [0.1, 0.15) is 17.6 Å². The Hall–Kier alpha value is -0.990. The second kappa shape index (κ2) is 5.37. The Bertz CT molecular complexity index is 413. The average Bonchev–Trinajstić information content (AvgIpc) is 2.20. The Morgan fingerprint density at radius 3 is 2.81 bits per heavy atom. The van der Waals surface area contributed by atoms with Crippen LogP contribution >= 0.6 is 22.6 Å². The highest BCUT2D eigenvalue weighted by molar-refractivity contribution is 14.1. The Balaban J connectivity index is 3.19. The van der Waals surface area contributed by atoms with E-state index in [1.54, 1.807) is 22.6 Å². The number of hydrogen-bond acceptors (Lipinski definition) is 4. The fraction of sp³-hybridized carbons (Fsp3) is 0.333. The molecule has 0 atom stereocenters. The summed E-state index contributed by atoms with van der Waals surface area (Å²) in [6.45, 7) is 0. The van der Waals surface area contributed by atoms with Crippen molar-refractivity contribution in [2.75, 3.05) is 12.8 Å². The largest absolute Gasteiger partial charge is 0.469 e. The molecule has 0 radical (unpaired) electrons. The number of halogens is 3. The van der Waals surface area contributed by atoms with Crippen molar-refractivity contribution in [2.45, 2.75) is 12.8 Å². The molecule has 0 aromatic carbocycles. The second-order valence-electron chi connectivity index (χ2n) is 2.96. The minimum Gasteiger partial charge on any atom is -0.469 e. The van der Waals surface area contributed by atoms with Gasteiger partial charge >= 0.3 is 5.97 Å². The van der Waals surface area contributed by atoms with Crippen LogP contribution in [0.25, 0.3) is 0 Å². The summed E-state index contributed by atoms with van der Waals surface area (Å²) in [4.78, 5) is 14.9. The first-order chi connectivity index (χ1) is 7.45. The quantitative estimate of drug-likeness (QED) is 0.518. The summed E-state index contributed by atoms with van der Waals surface area (Å²) in [5.74, 6) is -0.584. The van der Waals surface area contributed by atoms with Crippen molar-refractivity contribution in [3.8, 4) is 0 Å². The molecule has 0 bridgehead atoms. The summed E-state index contributed by atoms with van der Waals surface area (Å²) in [5.41, 5.74) is 5.25. The van der Waals surface area contributed by atoms with Crippen molar-refractivity contribution in [1.82, 2.24) is 4.98 Å². The highest BCUT2D eigenvalue weighted by Gasteiger charge is 2.20. The lowest BCUT2D eigenvalue weighted by Crippen LogP contribution is -2.11. The van der Waals surface area contributed by atoms with Crippen LogP contribution in [0, 0.1) is 3.70 Å². The van der Waals surface area contributed by atoms with Crippen LogP contribution in [0.2, 0.25) is 0 Å². The number of nitrogens with two attached hydrogens (primary N) is 1. The number of carbonyl (C=O) groups is 1. The Morgan fingerprint density at radius 1 is 1.69 bits per heavy atom. The van der Waals surface area contributed by atoms with Gasteiger partial charge in [0.2, 0.25) is 0 Å². The SMILES string of the molecule is COC(=O)Cc1c(C(F)F)cc(N)nc1I. The monoisotopic (exact) mass is 342 g/mol. The first-order valence-corrected chi connectivity index (χ1v) is 5.33. The molecule has 0 aliphatic carbocycles. The maximum absolute atomic E-state index is 12.7. The summed E-state index contributed by atoms with van der Waals surface area (Å²) in [6, 6.07) is 1.07. The minimum absolute atomic E-state index is 0.00770. The summed E-state index contributed by atoms with van der Waals surface area (Å²) in [5, 5.41) is 0. The lowest BCUT2D eigenvalue weighted by atomic mass is 10.1. The number of ether oxygens (including phenoxy) is 1. The van der Waals surface area contributed by atoms with Gasteiger partial charge in [0.05, 0.1) is 13.5 Å². The average molecular weight is 342 g/mol. The Kier molecular flexibility index (Phi) is 4.39. The third-order valence-electron chi connectivity index (χ3n) is 1.91. The van der Waals surface area contributed by atoms with E-state index in [-0.39, 0.29) is 23.4 Å². The van der Waals surface area contributed by atoms with E-state index in [9.17, 15) is 13.6 Å². The third-order valence-corrected chi connectivity index (χ3v) is 2.80. The molecule has 0 unspecified atom stereocenters. The van der Waals surface area contributed by atoms with Crippen LogP contribution in [0.5, 0.6) is 0 Å². The molecule has 16 heavy (non-hydrogen) atoms. The van der Waals surface area contributed by atoms with E-state index < -0.39 is 12.4 Å². The number of nitrogen functional groups attached to an aromatic ring is 1. The van der Waals surface area contributed by atoms with Gasteiger partial charge in [-0.1, -0.05) is 0 Å². The number of esters is 1. The molecule has 0 saturated heterocycles. The molecule has 0 aliphatic heterocycles. The lowest BCUT2D eigenvalue weighted by molar-refractivity contribution is -0.139. The van der Waals surface area contributed by atoms with Crippen molar-refractivity contribution in [3.05, 3.63) is 20.9 Å². The zero-order valence-electron chi connectivity index (χ0n) is 8.34. The van der Waals surface area contributed by atoms with E-state index >= 15 is 0 Å². The molecule has 4 nitrogen and oxygen atoms in total. The molecule has 0 fully saturated rings. The third kappa shape index (κ3) is 3.00. The molecule has 1 aromatic heterocycles. The van der Waals surface area contributed by atoms with Crippen molar-refractivity contribution < 1.29 is 18.3 Å². The molecule has 0 aliphatic rings. The van der Waals surface area contributed by atoms with Crippen molar-refractivity contribution >= 4 is 34.4 Å². The summed E-state index contributed by atoms with van der Waals surface area (Å²) in [6.07, 6.45) is -2.93. The van der Waals surface area contributed by atoms with Gasteiger partial charge in [-0.15, -0.1) is 0 Å². The van der Waals surface area contributed by atoms with Crippen LogP contribution < -0.4 is 5.73 Å². The maximum atomic E-state index is 12.7. The molecule has 0 amide bonds. The molecule has 7 heteroatoms. The Labute approximate surface area is 104 Å². The van der Waals surface area contributed by atoms with Gasteiger partial charge in [0.15, 0.2) is 0 Å². The number of carbonyl (C=O) groups excluding carboxylic acids is 1. The molecule has 0 spiro atoms. The number of aromatic nitrogens is 1. The predicted molar refractivity (Wildman–Crippen MR) is 62.0 cm³/mol. The van der Waals surface area contributed by atoms with Gasteiger partial charge in [0.1, 0.15) is 9.52 Å². The highest BCUT2D eigenvalue weighted by Crippen LogP contribution is 2.27. The molecule has 88 valence electrons. The van der Waals surface area contributed by atoms with Crippen LogP contribution in [0.4, 0.5) is 14.6 Å². The smallest absolute Gasteiger partial charge is 0.310 e. The van der Waals surface area contributed by atoms with Gasteiger partial charge < -0.3 is 10.5 Å². The first kappa shape index (κ1) is 13.1. The molecule has 1 rings (SSSR count). The van der Waals surface area contributed by atoms with E-state index in [0.29, 0.717) is 3.70 Å². The van der Waals surface area contributed by atoms with Crippen LogP contribution in [-0.4, -0.2) is 18.1 Å². The number of pyridine rings is 1. The van der Waals surface area contributed by atoms with Crippen LogP contribution in [0.3, 0.4) is 0 Å². The maximum Gasteiger partial charge on any atom is 0.310 e. The second-order valence-corrected chi connectivity index (χ2v) is 3.98. The molecular formula is C9H9F2IN2O2. The zero-order chi connectivity index (χ0) is 12.3. The molecular weight excluding hydrogens is 333 g/mol. The van der Waals surface area contributed by atoms with E-state index in [4.69, 9.17) is 5.73 Å². The predicted octanol–water partition coefficient (Wildman–Crippen LogP) is 1.92. The lowest BCUT2D eigenvalue weighted by Gasteiger charge is -2.10. The van der Waals surface area contributed by atoms with E-state index in [0.717, 1.165) is 6.07 Å². The fourth-order valence-electron chi connectivity index (χ4n) is 1.16. The molecule has 1 aromatic rings. The summed E-state index contributed by atoms with van der Waals surface area (Å²) >= 11 is 1.76. The van der Waals surface area contributed by atoms with Gasteiger partial charge in [0.25, 0.3) is 6.43 Å². The number of hydrogen-bond donors (Lipinski definition) is 1. The number of nitrogens with zero attached hydrogens (tertiary/aromatic N) is 1. The van der Waals surface area contributed by atoms with Gasteiger partial charge in [-0.2, -0.15) is 0 Å². The van der Waals surface area contributed by atoms with Gasteiger partial charge in [0, 0.05) is 11.1 Å². The standard InChI is InChI=1S/C9H9F2IN2O2/c1-16-7(15)3-5-4(8(10)11)2-6(13)14-9(5)12/h2,8H,3H2,1H3,(H2,13,14). The number of rotatable bonds is 3. The molecule has 2 N–H and O–H groups in total. The first-order valence-electron chi connectivity index (χ1n) is 4.25. The van der Waals surface area contributed by atoms with Gasteiger partial charge in [-0.05, 0) is 28.7 Å². The number of anilines is 1. The van der Waals surface area contributed by atoms with E-state index in [1.807, 2.05) is 0 Å². The van der Waals surface area contributed by atoms with Crippen molar-refractivity contribution in [2.24, 2.45) is 0 Å². The minimum atomic E-state index is -2.70. The molecule has 1 heterocycles. The highest BCUT2D eigenvalue weighted by atomic mass is 127. The molecule has 0 saturated carbocycles. The zero-order valence-corrected chi connectivity index (χ0v) is 10.5.